The number of benzene rings is 2. The van der Waals surface area contributed by atoms with Gasteiger partial charge in [0.1, 0.15) is 12.7 Å². The quantitative estimate of drug-likeness (QED) is 0.129. The number of carbonyl (C=O) groups is 5. The molecular formula is C29H35N3O9. The third-order valence-electron chi connectivity index (χ3n) is 7.13. The molecule has 220 valence electrons. The molecule has 1 fully saturated rings. The Kier molecular flexibility index (Phi) is 9.69. The van der Waals surface area contributed by atoms with Crippen LogP contribution in [0.4, 0.5) is 5.69 Å². The summed E-state index contributed by atoms with van der Waals surface area (Å²) < 4.78 is 9.54. The van der Waals surface area contributed by atoms with Gasteiger partial charge in [0.25, 0.3) is 11.8 Å². The van der Waals surface area contributed by atoms with E-state index < -0.39 is 42.6 Å². The van der Waals surface area contributed by atoms with Crippen LogP contribution in [-0.2, 0) is 23.9 Å². The summed E-state index contributed by atoms with van der Waals surface area (Å²) in [6.07, 6.45) is -2.70. The Labute approximate surface area is 237 Å². The number of aliphatic hydroxyl groups excluding tert-OH is 2. The number of cyclic esters (lactones) is 1. The van der Waals surface area contributed by atoms with Gasteiger partial charge in [0.05, 0.1) is 0 Å². The van der Waals surface area contributed by atoms with Crippen molar-refractivity contribution in [3.05, 3.63) is 41.5 Å². The first-order chi connectivity index (χ1) is 19.6. The zero-order valence-corrected chi connectivity index (χ0v) is 23.1. The molecule has 0 spiro atoms. The van der Waals surface area contributed by atoms with Crippen LogP contribution in [-0.4, -0.2) is 108 Å². The topological polar surface area (TPSA) is 163 Å². The van der Waals surface area contributed by atoms with Gasteiger partial charge in [-0.1, -0.05) is 18.6 Å². The molecule has 3 atom stereocenters. The fraction of sp³-hybridized carbons (Fsp3) is 0.483. The summed E-state index contributed by atoms with van der Waals surface area (Å²) in [6, 6.07) is 9.09. The zero-order valence-electron chi connectivity index (χ0n) is 23.1. The Bertz CT molecular complexity index is 1320. The van der Waals surface area contributed by atoms with E-state index in [9.17, 15) is 34.2 Å². The first-order valence-electron chi connectivity index (χ1n) is 13.7. The van der Waals surface area contributed by atoms with Crippen LogP contribution in [0.3, 0.4) is 0 Å². The summed E-state index contributed by atoms with van der Waals surface area (Å²) in [4.78, 5) is 64.8. The minimum atomic E-state index is -1.94. The highest BCUT2D eigenvalue weighted by atomic mass is 16.6. The summed E-state index contributed by atoms with van der Waals surface area (Å²) in [6.45, 7) is 1.34. The Morgan fingerprint density at radius 2 is 1.78 bits per heavy atom. The molecule has 2 aromatic rings. The van der Waals surface area contributed by atoms with Gasteiger partial charge in [-0.3, -0.25) is 24.1 Å². The summed E-state index contributed by atoms with van der Waals surface area (Å²) in [7, 11) is 4.04. The zero-order chi connectivity index (χ0) is 29.7. The molecule has 2 amide bonds. The molecule has 1 saturated heterocycles. The van der Waals surface area contributed by atoms with Crippen molar-refractivity contribution in [2.24, 2.45) is 0 Å². The molecule has 2 aliphatic rings. The number of ether oxygens (including phenoxy) is 2. The number of hydrogen-bond donors (Lipinski definition) is 3. The van der Waals surface area contributed by atoms with Gasteiger partial charge in [0.2, 0.25) is 11.9 Å². The molecule has 0 saturated carbocycles. The number of nitrogens with zero attached hydrogens (tertiary/aromatic N) is 2. The van der Waals surface area contributed by atoms with Crippen molar-refractivity contribution in [3.8, 4) is 0 Å². The third kappa shape index (κ3) is 6.72. The van der Waals surface area contributed by atoms with E-state index in [4.69, 9.17) is 4.74 Å². The molecule has 3 unspecified atom stereocenters. The Balaban J connectivity index is 1.25. The number of nitrogens with one attached hydrogen (secondary N) is 1. The summed E-state index contributed by atoms with van der Waals surface area (Å²) in [5.74, 6) is -3.45. The lowest BCUT2D eigenvalue weighted by molar-refractivity contribution is -0.156. The first kappa shape index (κ1) is 30.1. The average Bonchev–Trinajstić information content (AvgIpc) is 3.21. The molecule has 2 aliphatic heterocycles. The molecule has 3 N–H and O–H groups in total. The first-order valence-corrected chi connectivity index (χ1v) is 13.7. The maximum absolute atomic E-state index is 13.3. The summed E-state index contributed by atoms with van der Waals surface area (Å²) in [5, 5.41) is 24.2. The summed E-state index contributed by atoms with van der Waals surface area (Å²) in [5.41, 5.74) is 1.84. The molecule has 12 nitrogen and oxygen atoms in total. The van der Waals surface area contributed by atoms with E-state index in [-0.39, 0.29) is 24.8 Å². The number of Topliss-reactive ketones (excluding diaryl/α,β-unsaturated/α-hetero) is 1. The van der Waals surface area contributed by atoms with Gasteiger partial charge >= 0.3 is 11.9 Å². The third-order valence-corrected chi connectivity index (χ3v) is 7.13. The smallest absolute Gasteiger partial charge is 0.343 e. The van der Waals surface area contributed by atoms with E-state index in [1.165, 1.54) is 4.90 Å². The van der Waals surface area contributed by atoms with Crippen molar-refractivity contribution in [2.45, 2.75) is 50.4 Å². The normalized spacial score (nSPS) is 19.2. The van der Waals surface area contributed by atoms with Gasteiger partial charge in [0, 0.05) is 47.1 Å². The fourth-order valence-electron chi connectivity index (χ4n) is 4.96. The van der Waals surface area contributed by atoms with Crippen molar-refractivity contribution in [1.82, 2.24) is 9.80 Å². The van der Waals surface area contributed by atoms with Crippen molar-refractivity contribution >= 4 is 46.0 Å². The van der Waals surface area contributed by atoms with Crippen LogP contribution in [0, 0.1) is 0 Å². The van der Waals surface area contributed by atoms with Crippen LogP contribution in [0.1, 0.15) is 52.8 Å². The number of hydrogen-bond acceptors (Lipinski definition) is 11. The van der Waals surface area contributed by atoms with Crippen LogP contribution in [0.5, 0.6) is 0 Å². The molecule has 12 heteroatoms. The molecule has 4 rings (SSSR count). The van der Waals surface area contributed by atoms with E-state index in [2.05, 4.69) is 15.0 Å². The van der Waals surface area contributed by atoms with Crippen LogP contribution < -0.4 is 5.32 Å². The number of rotatable bonds is 14. The lowest BCUT2D eigenvalue weighted by Crippen LogP contribution is -2.40. The maximum atomic E-state index is 13.3. The highest BCUT2D eigenvalue weighted by molar-refractivity contribution is 6.26. The fourth-order valence-corrected chi connectivity index (χ4v) is 4.96. The Morgan fingerprint density at radius 3 is 2.46 bits per heavy atom. The molecule has 0 aromatic heterocycles. The minimum absolute atomic E-state index is 0.0160. The van der Waals surface area contributed by atoms with Gasteiger partial charge in [-0.2, -0.15) is 0 Å². The Hall–Kier alpha value is -3.87. The number of ketones is 1. The van der Waals surface area contributed by atoms with Crippen LogP contribution in [0.2, 0.25) is 0 Å². The Morgan fingerprint density at radius 1 is 1.05 bits per heavy atom. The largest absolute Gasteiger partial charge is 0.463 e. The number of anilines is 1. The van der Waals surface area contributed by atoms with E-state index in [1.807, 2.05) is 32.3 Å². The van der Waals surface area contributed by atoms with Crippen molar-refractivity contribution in [1.29, 1.82) is 0 Å². The highest BCUT2D eigenvalue weighted by Gasteiger charge is 2.46. The van der Waals surface area contributed by atoms with E-state index in [0.29, 0.717) is 35.8 Å². The van der Waals surface area contributed by atoms with E-state index in [1.54, 1.807) is 12.1 Å². The number of carbonyl (C=O) groups excluding carboxylic acids is 5. The highest BCUT2D eigenvalue weighted by Crippen LogP contribution is 2.34. The van der Waals surface area contributed by atoms with Crippen LogP contribution in [0.25, 0.3) is 10.8 Å². The average molecular weight is 570 g/mol. The predicted molar refractivity (Wildman–Crippen MR) is 147 cm³/mol. The monoisotopic (exact) mass is 569 g/mol. The lowest BCUT2D eigenvalue weighted by Gasteiger charge is -2.28. The van der Waals surface area contributed by atoms with Gasteiger partial charge in [-0.25, -0.2) is 4.79 Å². The summed E-state index contributed by atoms with van der Waals surface area (Å²) >= 11 is 0. The number of aliphatic hydroxyl groups is 2. The number of unbranched alkanes of at least 4 members (excludes halogenated alkanes) is 2. The molecule has 0 bridgehead atoms. The molecule has 0 radical (unpaired) electrons. The second kappa shape index (κ2) is 13.2. The lowest BCUT2D eigenvalue weighted by atomic mass is 9.92. The second-order valence-electron chi connectivity index (χ2n) is 10.5. The molecule has 0 aliphatic carbocycles. The molecule has 41 heavy (non-hydrogen) atoms. The SMILES string of the molecule is CN(C)CCCNc1ccc2c3c(cccc13)C(=O)N(CCCCCC(=O)OCC(O)C1OC(=O)C(O)C1=O)C2=O. The maximum Gasteiger partial charge on any atom is 0.343 e. The second-order valence-corrected chi connectivity index (χ2v) is 10.5. The number of amides is 2. The van der Waals surface area contributed by atoms with Crippen molar-refractivity contribution < 1.29 is 43.7 Å². The van der Waals surface area contributed by atoms with E-state index in [0.717, 1.165) is 30.6 Å². The molecular weight excluding hydrogens is 534 g/mol. The minimum Gasteiger partial charge on any atom is -0.463 e. The molecule has 2 heterocycles. The predicted octanol–water partition coefficient (Wildman–Crippen LogP) is 1.12. The van der Waals surface area contributed by atoms with Gasteiger partial charge in [-0.15, -0.1) is 0 Å². The molecule has 2 aromatic carbocycles. The van der Waals surface area contributed by atoms with Gasteiger partial charge < -0.3 is 29.9 Å². The van der Waals surface area contributed by atoms with E-state index >= 15 is 0 Å². The van der Waals surface area contributed by atoms with Crippen molar-refractivity contribution in [3.63, 3.8) is 0 Å². The van der Waals surface area contributed by atoms with Gasteiger partial charge in [0.15, 0.2) is 6.10 Å². The standard InChI is InChI=1S/C29H35N3O9/c1-31(2)14-7-13-30-20-12-11-19-23-17(20)8-6-9-18(23)27(37)32(28(19)38)15-5-3-4-10-22(34)40-16-21(33)26-24(35)25(36)29(39)41-26/h6,8-9,11-12,21,25-26,30,33,36H,3-5,7,10,13-16H2,1-2H3. The van der Waals surface area contributed by atoms with Gasteiger partial charge in [-0.05, 0) is 58.1 Å². The van der Waals surface area contributed by atoms with Crippen LogP contribution in [0.15, 0.2) is 30.3 Å². The number of esters is 2. The van der Waals surface area contributed by atoms with Crippen LogP contribution >= 0.6 is 0 Å². The number of imide groups is 1. The van der Waals surface area contributed by atoms with Crippen molar-refractivity contribution in [2.75, 3.05) is 45.7 Å².